The molecule has 0 atom stereocenters. The number of hydrogen-bond donors (Lipinski definition) is 0. The van der Waals surface area contributed by atoms with Gasteiger partial charge in [-0.15, -0.1) is 147 Å². The van der Waals surface area contributed by atoms with Gasteiger partial charge in [0.1, 0.15) is 17.5 Å². The molecule has 4 heterocycles. The zero-order chi connectivity index (χ0) is 87.1. The number of nitriles is 1. The van der Waals surface area contributed by atoms with Gasteiger partial charge in [-0.2, -0.15) is 25.7 Å². The normalized spacial score (nSPS) is 10.6. The second-order valence-corrected chi connectivity index (χ2v) is 31.9. The fraction of sp³-hybridized carbons (Fsp3) is 0.208. The molecule has 4 radical (unpaired) electrons. The summed E-state index contributed by atoms with van der Waals surface area (Å²) < 4.78 is 7.97. The molecule has 0 fully saturated rings. The molecule has 16 aromatic rings. The van der Waals surface area contributed by atoms with E-state index in [0.717, 1.165) is 158 Å². The van der Waals surface area contributed by atoms with Gasteiger partial charge in [0.15, 0.2) is 22.9 Å². The second kappa shape index (κ2) is 42.6. The van der Waals surface area contributed by atoms with Gasteiger partial charge >= 0.3 is 0 Å². The van der Waals surface area contributed by atoms with Gasteiger partial charge in [0, 0.05) is 91.7 Å². The van der Waals surface area contributed by atoms with E-state index in [4.69, 9.17) is 44.9 Å². The second-order valence-electron chi connectivity index (χ2n) is 31.9. The van der Waals surface area contributed by atoms with E-state index >= 15 is 0 Å². The van der Waals surface area contributed by atoms with Gasteiger partial charge in [0.05, 0.1) is 71.7 Å². The van der Waals surface area contributed by atoms with Crippen molar-refractivity contribution in [2.24, 2.45) is 0 Å². The van der Waals surface area contributed by atoms with E-state index in [2.05, 4.69) is 254 Å². The third-order valence-electron chi connectivity index (χ3n) is 21.5. The fourth-order valence-electron chi connectivity index (χ4n) is 16.3. The molecule has 4 aromatic heterocycles. The van der Waals surface area contributed by atoms with E-state index in [1.165, 1.54) is 50.1 Å². The van der Waals surface area contributed by atoms with E-state index in [9.17, 15) is 5.26 Å². The monoisotopic (exact) mass is 2360 g/mol. The van der Waals surface area contributed by atoms with Gasteiger partial charge in [0.2, 0.25) is 0 Å². The minimum atomic E-state index is 0. The first-order valence-corrected chi connectivity index (χ1v) is 40.7. The molecular weight excluding hydrogens is 2270 g/mol. The first kappa shape index (κ1) is 97.6. The van der Waals surface area contributed by atoms with Crippen molar-refractivity contribution in [3.05, 3.63) is 371 Å². The van der Waals surface area contributed by atoms with Crippen molar-refractivity contribution in [1.82, 2.24) is 59.1 Å². The molecule has 20 heteroatoms. The summed E-state index contributed by atoms with van der Waals surface area (Å²) in [5, 5.41) is 32.7. The van der Waals surface area contributed by atoms with Gasteiger partial charge in [-0.3, -0.25) is 29.0 Å². The maximum absolute atomic E-state index is 9.29. The molecule has 0 bridgehead atoms. The minimum absolute atomic E-state index is 0. The Balaban J connectivity index is 0.000000188. The van der Waals surface area contributed by atoms with Crippen molar-refractivity contribution in [3.8, 4) is 119 Å². The average molecular weight is 2360 g/mol. The molecule has 16 nitrogen and oxygen atoms in total. The number of rotatable bonds is 14. The number of nitrogens with zero attached hydrogens (tertiary/aromatic N) is 16. The zero-order valence-electron chi connectivity index (χ0n) is 74.3. The van der Waals surface area contributed by atoms with Gasteiger partial charge < -0.3 is 4.57 Å². The van der Waals surface area contributed by atoms with Gasteiger partial charge in [-0.25, -0.2) is 14.5 Å². The van der Waals surface area contributed by atoms with Crippen molar-refractivity contribution in [2.45, 2.75) is 150 Å². The van der Waals surface area contributed by atoms with Crippen LogP contribution >= 0.6 is 0 Å². The van der Waals surface area contributed by atoms with Crippen LogP contribution in [0.15, 0.2) is 206 Å². The Hall–Kier alpha value is -12.2. The van der Waals surface area contributed by atoms with Crippen LogP contribution in [0.3, 0.4) is 0 Å². The van der Waals surface area contributed by atoms with Crippen LogP contribution in [0.25, 0.3) is 128 Å². The van der Waals surface area contributed by atoms with Gasteiger partial charge in [0.25, 0.3) is 0 Å². The molecule has 0 amide bonds. The van der Waals surface area contributed by atoms with Crippen LogP contribution < -0.4 is 0 Å². The Morgan fingerprint density at radius 3 is 1.15 bits per heavy atom. The van der Waals surface area contributed by atoms with Crippen molar-refractivity contribution >= 4 is 17.1 Å². The quantitative estimate of drug-likeness (QED) is 0.0966. The Morgan fingerprint density at radius 1 is 0.325 bits per heavy atom. The molecule has 0 aliphatic carbocycles. The third kappa shape index (κ3) is 21.5. The predicted octanol–water partition coefficient (Wildman–Crippen LogP) is 26.3. The number of hydrogen-bond acceptors (Lipinski definition) is 9. The maximum atomic E-state index is 9.29. The summed E-state index contributed by atoms with van der Waals surface area (Å²) in [6, 6.07) is 84.1. The van der Waals surface area contributed by atoms with Crippen molar-refractivity contribution in [3.63, 3.8) is 0 Å². The zero-order valence-corrected chi connectivity index (χ0v) is 83.9. The third-order valence-corrected chi connectivity index (χ3v) is 21.5. The van der Waals surface area contributed by atoms with E-state index in [-0.39, 0.29) is 80.4 Å². The molecule has 0 N–H and O–H groups in total. The van der Waals surface area contributed by atoms with Crippen LogP contribution in [-0.2, 0) is 80.4 Å². The molecule has 16 rings (SSSR count). The van der Waals surface area contributed by atoms with E-state index in [0.29, 0.717) is 40.3 Å². The van der Waals surface area contributed by atoms with Crippen LogP contribution in [0.4, 0.5) is 17.1 Å². The standard InChI is InChI=1S/C28H27N4.C27H25N4.C26H23N4.C25H21N4.4Ir/c1-18(2)23-13-10-14-24(19(3)4)26(23)32-27(21-11-8-7-9-12-21)30-31-28(32)25-17-22(29-6)16-15-20(25)5;1-16-11-19(4)26(20(5)12-16)31-27(29-21(6)30-31)23-10-8-9-22(15-23)25-17(2)13-24(28-7)14-18(25)3;1-16-11-18(3)25(19(4)12-16)30-26(28-20(5)29-30)23-8-6-7-22(14-23)24-13-21(15-27)10-9-17(24)2;1-16-13-17(2)24(18(3)14-16)29-25(27-19(4)28-29)22-8-6-7-21(15-22)20-9-11-23(26-5)12-10-20;;;;/h7-11,13-19H,1-5H3;8-9,11-15H,1-6H3;6-7,9-14H,1-5H3;6-7,9-15H,1-4H3;;;;/q4*-1;;;;. The molecule has 0 saturated carbocycles. The molecular formula is C106H96Ir4N16-4. The molecule has 0 saturated heterocycles. The predicted molar refractivity (Wildman–Crippen MR) is 492 cm³/mol. The summed E-state index contributed by atoms with van der Waals surface area (Å²) in [4.78, 5) is 24.9. The Labute approximate surface area is 795 Å². The van der Waals surface area contributed by atoms with E-state index in [1.807, 2.05) is 169 Å². The van der Waals surface area contributed by atoms with Crippen molar-refractivity contribution in [2.75, 3.05) is 0 Å². The maximum Gasteiger partial charge on any atom is 0.187 e. The Bertz CT molecular complexity index is 6730. The number of aromatic nitrogens is 12. The SMILES string of the molecule is Cc1cc(C)c(-n2nc(C)nc2-c2[c-]ccc(-c3cc(C#N)ccc3C)c2)c(C)c1.[C-]#[N+]c1cc(C)c(-c2cc[c-]c(-c3nc(C)nn3-c3c(C)cc(C)cc3C)c2)c(C)c1.[C-]#[N+]c1ccc(-c2cc[c-]c(-c3nc(C)nn3-c3c(C)cc(C)cc3C)c2)cc1.[C-]#[N+]c1ccc(C)c(-c2nnc(-c3[c-]cccc3)n2-c2c(C(C)C)cccc2C(C)C)c1.[Ir].[Ir].[Ir].[Ir]. The number of para-hydroxylation sites is 1. The van der Waals surface area contributed by atoms with E-state index < -0.39 is 0 Å². The Morgan fingerprint density at radius 2 is 0.722 bits per heavy atom. The smallest absolute Gasteiger partial charge is 0.187 e. The molecule has 0 aliphatic heterocycles. The summed E-state index contributed by atoms with van der Waals surface area (Å²) in [6.45, 7) is 63.7. The molecule has 640 valence electrons. The van der Waals surface area contributed by atoms with Gasteiger partial charge in [-0.1, -0.05) is 165 Å². The summed E-state index contributed by atoms with van der Waals surface area (Å²) >= 11 is 0. The first-order valence-electron chi connectivity index (χ1n) is 40.7. The largest absolute Gasteiger partial charge is 0.316 e. The van der Waals surface area contributed by atoms with Gasteiger partial charge in [-0.05, 0) is 213 Å². The Kier molecular flexibility index (Phi) is 33.0. The topological polar surface area (TPSA) is 160 Å². The molecule has 0 unspecified atom stereocenters. The van der Waals surface area contributed by atoms with Crippen LogP contribution in [-0.4, -0.2) is 59.1 Å². The first-order chi connectivity index (χ1) is 58.5. The molecule has 0 spiro atoms. The number of benzene rings is 12. The minimum Gasteiger partial charge on any atom is -0.316 e. The fourth-order valence-corrected chi connectivity index (χ4v) is 16.3. The summed E-state index contributed by atoms with van der Waals surface area (Å²) in [6.07, 6.45) is 0. The van der Waals surface area contributed by atoms with E-state index in [1.54, 1.807) is 0 Å². The van der Waals surface area contributed by atoms with Crippen LogP contribution in [0, 0.1) is 166 Å². The molecule has 12 aromatic carbocycles. The summed E-state index contributed by atoms with van der Waals surface area (Å²) in [5.74, 6) is 6.62. The average Bonchev–Trinajstić information content (AvgIpc) is 1.57. The van der Waals surface area contributed by atoms with Crippen LogP contribution in [0.2, 0.25) is 0 Å². The van der Waals surface area contributed by atoms with Crippen LogP contribution in [0.1, 0.15) is 146 Å². The number of aryl methyl sites for hydroxylation is 16. The summed E-state index contributed by atoms with van der Waals surface area (Å²) in [5.41, 5.74) is 35.2. The van der Waals surface area contributed by atoms with Crippen LogP contribution in [0.5, 0.6) is 0 Å². The molecule has 0 aliphatic rings. The van der Waals surface area contributed by atoms with Crippen molar-refractivity contribution in [1.29, 1.82) is 5.26 Å². The summed E-state index contributed by atoms with van der Waals surface area (Å²) in [7, 11) is 0. The molecule has 126 heavy (non-hydrogen) atoms. The van der Waals surface area contributed by atoms with Crippen molar-refractivity contribution < 1.29 is 80.4 Å².